The molecule has 1 atom stereocenters. The van der Waals surface area contributed by atoms with E-state index < -0.39 is 23.9 Å². The Morgan fingerprint density at radius 3 is 2.58 bits per heavy atom. The minimum absolute atomic E-state index is 0.0136. The third-order valence-electron chi connectivity index (χ3n) is 2.95. The lowest BCUT2D eigenvalue weighted by Crippen LogP contribution is -2.58. The minimum atomic E-state index is -1.26. The fraction of sp³-hybridized carbons (Fsp3) is 0.364. The zero-order valence-electron chi connectivity index (χ0n) is 9.86. The first-order valence-electron chi connectivity index (χ1n) is 5.58. The lowest BCUT2D eigenvalue weighted by Gasteiger charge is -2.38. The second-order valence-corrected chi connectivity index (χ2v) is 4.11. The highest BCUT2D eigenvalue weighted by Gasteiger charge is 2.35. The molecule has 1 aliphatic heterocycles. The Balaban J connectivity index is 2.17. The van der Waals surface area contributed by atoms with Gasteiger partial charge in [-0.25, -0.2) is 19.0 Å². The molecule has 102 valence electrons. The molecule has 0 saturated carbocycles. The standard InChI is InChI=1S/C11H12FN3O4/c12-7-1-2-9(13-5-7)14-3-4-15(11(18)19)8(6-14)10(16)17/h1-2,5,8H,3-4,6H2,(H,16,17)(H,18,19)/t8-/m1/s1. The molecule has 2 rings (SSSR count). The van der Waals surface area contributed by atoms with E-state index in [1.54, 1.807) is 4.90 Å². The lowest BCUT2D eigenvalue weighted by molar-refractivity contribution is -0.142. The smallest absolute Gasteiger partial charge is 0.408 e. The molecule has 0 radical (unpaired) electrons. The maximum Gasteiger partial charge on any atom is 0.408 e. The van der Waals surface area contributed by atoms with Crippen molar-refractivity contribution >= 4 is 17.9 Å². The summed E-state index contributed by atoms with van der Waals surface area (Å²) < 4.78 is 12.8. The number of hydrogen-bond donors (Lipinski definition) is 2. The summed E-state index contributed by atoms with van der Waals surface area (Å²) in [7, 11) is 0. The highest BCUT2D eigenvalue weighted by molar-refractivity contribution is 5.80. The molecule has 0 bridgehead atoms. The van der Waals surface area contributed by atoms with Crippen LogP contribution in [-0.4, -0.2) is 57.8 Å². The van der Waals surface area contributed by atoms with E-state index in [4.69, 9.17) is 10.2 Å². The van der Waals surface area contributed by atoms with Crippen molar-refractivity contribution in [2.24, 2.45) is 0 Å². The fourth-order valence-corrected chi connectivity index (χ4v) is 1.99. The molecule has 1 amide bonds. The Labute approximate surface area is 107 Å². The quantitative estimate of drug-likeness (QED) is 0.810. The van der Waals surface area contributed by atoms with Crippen LogP contribution < -0.4 is 4.90 Å². The summed E-state index contributed by atoms with van der Waals surface area (Å²) in [6.07, 6.45) is -0.228. The van der Waals surface area contributed by atoms with Crippen LogP contribution in [0.4, 0.5) is 15.0 Å². The van der Waals surface area contributed by atoms with Crippen LogP contribution >= 0.6 is 0 Å². The molecule has 1 saturated heterocycles. The Hall–Kier alpha value is -2.38. The summed E-state index contributed by atoms with van der Waals surface area (Å²) >= 11 is 0. The first-order chi connectivity index (χ1) is 8.99. The van der Waals surface area contributed by atoms with Gasteiger partial charge in [0.15, 0.2) is 0 Å². The number of amides is 1. The number of piperazine rings is 1. The van der Waals surface area contributed by atoms with Crippen molar-refractivity contribution in [1.82, 2.24) is 9.88 Å². The van der Waals surface area contributed by atoms with Crippen molar-refractivity contribution < 1.29 is 24.2 Å². The number of pyridine rings is 1. The van der Waals surface area contributed by atoms with Gasteiger partial charge in [-0.3, -0.25) is 4.90 Å². The number of anilines is 1. The molecule has 1 fully saturated rings. The highest BCUT2D eigenvalue weighted by Crippen LogP contribution is 2.17. The maximum atomic E-state index is 12.8. The van der Waals surface area contributed by atoms with Crippen molar-refractivity contribution in [2.45, 2.75) is 6.04 Å². The van der Waals surface area contributed by atoms with Crippen LogP contribution in [0.2, 0.25) is 0 Å². The van der Waals surface area contributed by atoms with Gasteiger partial charge in [0, 0.05) is 13.1 Å². The van der Waals surface area contributed by atoms with Crippen molar-refractivity contribution in [3.8, 4) is 0 Å². The van der Waals surface area contributed by atoms with Gasteiger partial charge in [0.25, 0.3) is 0 Å². The van der Waals surface area contributed by atoms with E-state index in [1.165, 1.54) is 12.1 Å². The third-order valence-corrected chi connectivity index (χ3v) is 2.95. The van der Waals surface area contributed by atoms with E-state index in [0.717, 1.165) is 11.1 Å². The maximum absolute atomic E-state index is 12.8. The van der Waals surface area contributed by atoms with Crippen molar-refractivity contribution in [1.29, 1.82) is 0 Å². The monoisotopic (exact) mass is 269 g/mol. The van der Waals surface area contributed by atoms with E-state index in [1.807, 2.05) is 0 Å². The van der Waals surface area contributed by atoms with Crippen LogP contribution in [0.25, 0.3) is 0 Å². The van der Waals surface area contributed by atoms with E-state index >= 15 is 0 Å². The average molecular weight is 269 g/mol. The predicted octanol–water partition coefficient (Wildman–Crippen LogP) is 0.474. The summed E-state index contributed by atoms with van der Waals surface area (Å²) in [4.78, 5) is 28.4. The summed E-state index contributed by atoms with van der Waals surface area (Å²) in [5.41, 5.74) is 0. The summed E-state index contributed by atoms with van der Waals surface area (Å²) in [5, 5.41) is 18.0. The van der Waals surface area contributed by atoms with E-state index in [0.29, 0.717) is 12.4 Å². The second kappa shape index (κ2) is 5.09. The number of aromatic nitrogens is 1. The van der Waals surface area contributed by atoms with Gasteiger partial charge >= 0.3 is 12.1 Å². The normalized spacial score (nSPS) is 19.3. The van der Waals surface area contributed by atoms with Crippen LogP contribution in [0.5, 0.6) is 0 Å². The van der Waals surface area contributed by atoms with Gasteiger partial charge in [-0.05, 0) is 12.1 Å². The SMILES string of the molecule is O=C(O)[C@H]1CN(c2ccc(F)cn2)CCN1C(=O)O. The number of halogens is 1. The Morgan fingerprint density at radius 1 is 1.32 bits per heavy atom. The Bertz CT molecular complexity index is 493. The topological polar surface area (TPSA) is 94.0 Å². The van der Waals surface area contributed by atoms with Crippen LogP contribution in [0, 0.1) is 5.82 Å². The number of hydrogen-bond acceptors (Lipinski definition) is 4. The second-order valence-electron chi connectivity index (χ2n) is 4.11. The van der Waals surface area contributed by atoms with Gasteiger partial charge in [0.2, 0.25) is 0 Å². The zero-order chi connectivity index (χ0) is 14.0. The van der Waals surface area contributed by atoms with E-state index in [-0.39, 0.29) is 13.1 Å². The van der Waals surface area contributed by atoms with Crippen molar-refractivity contribution in [3.05, 3.63) is 24.1 Å². The number of carboxylic acid groups (broad SMARTS) is 2. The van der Waals surface area contributed by atoms with Gasteiger partial charge in [0.05, 0.1) is 12.7 Å². The average Bonchev–Trinajstić information content (AvgIpc) is 2.38. The van der Waals surface area contributed by atoms with Crippen LogP contribution in [0.1, 0.15) is 0 Å². The summed E-state index contributed by atoms with van der Waals surface area (Å²) in [6.45, 7) is 0.361. The van der Waals surface area contributed by atoms with Gasteiger partial charge in [-0.2, -0.15) is 0 Å². The molecule has 1 aliphatic rings. The van der Waals surface area contributed by atoms with Crippen LogP contribution in [0.15, 0.2) is 18.3 Å². The Kier molecular flexibility index (Phi) is 3.50. The van der Waals surface area contributed by atoms with Gasteiger partial charge in [-0.15, -0.1) is 0 Å². The largest absolute Gasteiger partial charge is 0.480 e. The third kappa shape index (κ3) is 2.72. The molecule has 2 N–H and O–H groups in total. The van der Waals surface area contributed by atoms with Gasteiger partial charge in [0.1, 0.15) is 17.7 Å². The molecule has 0 spiro atoms. The Morgan fingerprint density at radius 2 is 2.05 bits per heavy atom. The zero-order valence-corrected chi connectivity index (χ0v) is 9.86. The molecule has 8 heteroatoms. The molecule has 0 aliphatic carbocycles. The molecular weight excluding hydrogens is 257 g/mol. The molecule has 1 aromatic rings. The van der Waals surface area contributed by atoms with Gasteiger partial charge in [-0.1, -0.05) is 0 Å². The molecule has 19 heavy (non-hydrogen) atoms. The van der Waals surface area contributed by atoms with E-state index in [9.17, 15) is 14.0 Å². The predicted molar refractivity (Wildman–Crippen MR) is 62.6 cm³/mol. The molecule has 1 aromatic heterocycles. The first kappa shape index (κ1) is 13.1. The van der Waals surface area contributed by atoms with Crippen LogP contribution in [0.3, 0.4) is 0 Å². The number of aliphatic carboxylic acids is 1. The summed E-state index contributed by atoms with van der Waals surface area (Å²) in [6, 6.07) is 1.50. The molecule has 0 unspecified atom stereocenters. The molecule has 7 nitrogen and oxygen atoms in total. The fourth-order valence-electron chi connectivity index (χ4n) is 1.99. The van der Waals surface area contributed by atoms with Crippen LogP contribution in [-0.2, 0) is 4.79 Å². The number of nitrogens with zero attached hydrogens (tertiary/aromatic N) is 3. The minimum Gasteiger partial charge on any atom is -0.480 e. The highest BCUT2D eigenvalue weighted by atomic mass is 19.1. The van der Waals surface area contributed by atoms with Crippen molar-refractivity contribution in [2.75, 3.05) is 24.5 Å². The molecular formula is C11H12FN3O4. The molecule has 2 heterocycles. The van der Waals surface area contributed by atoms with Gasteiger partial charge < -0.3 is 15.1 Å². The number of carboxylic acids is 1. The first-order valence-corrected chi connectivity index (χ1v) is 5.58. The number of rotatable bonds is 2. The van der Waals surface area contributed by atoms with Crippen molar-refractivity contribution in [3.63, 3.8) is 0 Å². The number of carbonyl (C=O) groups is 2. The summed E-state index contributed by atoms with van der Waals surface area (Å²) in [5.74, 6) is -1.27. The lowest BCUT2D eigenvalue weighted by atomic mass is 10.1. The van der Waals surface area contributed by atoms with E-state index in [2.05, 4.69) is 4.98 Å². The molecule has 0 aromatic carbocycles.